The quantitative estimate of drug-likeness (QED) is 0.901. The topological polar surface area (TPSA) is 44.4 Å². The van der Waals surface area contributed by atoms with Gasteiger partial charge in [-0.3, -0.25) is 4.90 Å². The molecule has 0 aromatic heterocycles. The van der Waals surface area contributed by atoms with Gasteiger partial charge in [0.2, 0.25) is 0 Å². The van der Waals surface area contributed by atoms with Crippen molar-refractivity contribution in [3.05, 3.63) is 65.2 Å². The van der Waals surface area contributed by atoms with Gasteiger partial charge >= 0.3 is 6.03 Å². The average Bonchev–Trinajstić information content (AvgIpc) is 2.94. The van der Waals surface area contributed by atoms with Gasteiger partial charge in [-0.1, -0.05) is 36.4 Å². The first-order chi connectivity index (χ1) is 11.6. The van der Waals surface area contributed by atoms with Crippen LogP contribution in [0.3, 0.4) is 0 Å². The minimum atomic E-state index is -0.119. The van der Waals surface area contributed by atoms with E-state index >= 15 is 0 Å². The summed E-state index contributed by atoms with van der Waals surface area (Å²) in [7, 11) is 0. The van der Waals surface area contributed by atoms with Crippen LogP contribution in [0.2, 0.25) is 0 Å². The Labute approximate surface area is 143 Å². The molecule has 3 rings (SSSR count). The molecule has 2 aromatic rings. The van der Waals surface area contributed by atoms with Gasteiger partial charge in [-0.25, -0.2) is 4.79 Å². The summed E-state index contributed by atoms with van der Waals surface area (Å²) in [6.45, 7) is 6.93. The average molecular weight is 323 g/mol. The summed E-state index contributed by atoms with van der Waals surface area (Å²) >= 11 is 0. The van der Waals surface area contributed by atoms with Crippen LogP contribution in [-0.2, 0) is 6.54 Å². The molecule has 0 bridgehead atoms. The SMILES string of the molecule is Cc1cc(C)cc(NC(=O)NC2CCN(Cc3ccccc3)C2)c1. The van der Waals surface area contributed by atoms with Gasteiger partial charge in [0.25, 0.3) is 0 Å². The van der Waals surface area contributed by atoms with Gasteiger partial charge in [-0.2, -0.15) is 0 Å². The molecule has 126 valence electrons. The van der Waals surface area contributed by atoms with Crippen LogP contribution in [0.4, 0.5) is 10.5 Å². The summed E-state index contributed by atoms with van der Waals surface area (Å²) < 4.78 is 0. The van der Waals surface area contributed by atoms with Gasteiger partial charge in [-0.05, 0) is 49.1 Å². The van der Waals surface area contributed by atoms with E-state index in [0.717, 1.165) is 42.9 Å². The van der Waals surface area contributed by atoms with Crippen molar-refractivity contribution in [1.82, 2.24) is 10.2 Å². The Kier molecular flexibility index (Phi) is 5.16. The number of likely N-dealkylation sites (tertiary alicyclic amines) is 1. The highest BCUT2D eigenvalue weighted by Crippen LogP contribution is 2.15. The van der Waals surface area contributed by atoms with E-state index in [1.54, 1.807) is 0 Å². The number of nitrogens with zero attached hydrogens (tertiary/aromatic N) is 1. The number of rotatable bonds is 4. The third kappa shape index (κ3) is 4.59. The first kappa shape index (κ1) is 16.5. The van der Waals surface area contributed by atoms with Crippen LogP contribution >= 0.6 is 0 Å². The van der Waals surface area contributed by atoms with E-state index < -0.39 is 0 Å². The largest absolute Gasteiger partial charge is 0.334 e. The molecule has 4 nitrogen and oxygen atoms in total. The molecule has 2 amide bonds. The Hall–Kier alpha value is -2.33. The van der Waals surface area contributed by atoms with E-state index in [4.69, 9.17) is 0 Å². The maximum Gasteiger partial charge on any atom is 0.319 e. The number of carbonyl (C=O) groups is 1. The summed E-state index contributed by atoms with van der Waals surface area (Å²) in [5.41, 5.74) is 4.47. The summed E-state index contributed by atoms with van der Waals surface area (Å²) in [5.74, 6) is 0. The van der Waals surface area contributed by atoms with E-state index in [1.807, 2.05) is 32.0 Å². The molecule has 0 aliphatic carbocycles. The fourth-order valence-electron chi connectivity index (χ4n) is 3.34. The van der Waals surface area contributed by atoms with Crippen molar-refractivity contribution in [3.8, 4) is 0 Å². The van der Waals surface area contributed by atoms with Crippen molar-refractivity contribution < 1.29 is 4.79 Å². The van der Waals surface area contributed by atoms with Gasteiger partial charge in [-0.15, -0.1) is 0 Å². The Bertz CT molecular complexity index is 679. The van der Waals surface area contributed by atoms with E-state index in [9.17, 15) is 4.79 Å². The minimum Gasteiger partial charge on any atom is -0.334 e. The molecule has 2 N–H and O–H groups in total. The highest BCUT2D eigenvalue weighted by molar-refractivity contribution is 5.89. The second-order valence-electron chi connectivity index (χ2n) is 6.68. The van der Waals surface area contributed by atoms with Crippen LogP contribution < -0.4 is 10.6 Å². The number of benzene rings is 2. The van der Waals surface area contributed by atoms with E-state index in [2.05, 4.69) is 45.9 Å². The normalized spacial score (nSPS) is 17.7. The number of hydrogen-bond donors (Lipinski definition) is 2. The van der Waals surface area contributed by atoms with Crippen LogP contribution in [0.1, 0.15) is 23.1 Å². The van der Waals surface area contributed by atoms with Crippen molar-refractivity contribution in [1.29, 1.82) is 0 Å². The molecule has 1 saturated heterocycles. The van der Waals surface area contributed by atoms with Crippen molar-refractivity contribution in [2.45, 2.75) is 32.9 Å². The lowest BCUT2D eigenvalue weighted by Gasteiger charge is -2.17. The molecule has 1 aliphatic rings. The molecular formula is C20H25N3O. The lowest BCUT2D eigenvalue weighted by molar-refractivity contribution is 0.247. The van der Waals surface area contributed by atoms with Gasteiger partial charge in [0.05, 0.1) is 0 Å². The molecule has 0 radical (unpaired) electrons. The Morgan fingerprint density at radius 1 is 1.12 bits per heavy atom. The first-order valence-corrected chi connectivity index (χ1v) is 8.50. The van der Waals surface area contributed by atoms with Crippen molar-refractivity contribution >= 4 is 11.7 Å². The predicted molar refractivity (Wildman–Crippen MR) is 98.2 cm³/mol. The van der Waals surface area contributed by atoms with Crippen LogP contribution in [-0.4, -0.2) is 30.1 Å². The van der Waals surface area contributed by atoms with Crippen LogP contribution in [0, 0.1) is 13.8 Å². The zero-order valence-corrected chi connectivity index (χ0v) is 14.4. The highest BCUT2D eigenvalue weighted by atomic mass is 16.2. The van der Waals surface area contributed by atoms with E-state index in [-0.39, 0.29) is 12.1 Å². The molecule has 2 aromatic carbocycles. The summed E-state index contributed by atoms with van der Waals surface area (Å²) in [5, 5.41) is 6.04. The summed E-state index contributed by atoms with van der Waals surface area (Å²) in [6.07, 6.45) is 0.993. The second-order valence-corrected chi connectivity index (χ2v) is 6.68. The maximum absolute atomic E-state index is 12.2. The molecule has 1 unspecified atom stereocenters. The molecule has 0 spiro atoms. The minimum absolute atomic E-state index is 0.119. The number of hydrogen-bond acceptors (Lipinski definition) is 2. The molecule has 1 aliphatic heterocycles. The number of anilines is 1. The fourth-order valence-corrected chi connectivity index (χ4v) is 3.34. The van der Waals surface area contributed by atoms with Crippen LogP contribution in [0.15, 0.2) is 48.5 Å². The van der Waals surface area contributed by atoms with Crippen molar-refractivity contribution in [2.75, 3.05) is 18.4 Å². The van der Waals surface area contributed by atoms with Gasteiger partial charge in [0.15, 0.2) is 0 Å². The Morgan fingerprint density at radius 2 is 1.83 bits per heavy atom. The predicted octanol–water partition coefficient (Wildman–Crippen LogP) is 3.70. The molecule has 24 heavy (non-hydrogen) atoms. The molecule has 0 saturated carbocycles. The molecule has 1 heterocycles. The molecule has 1 fully saturated rings. The molecule has 1 atom stereocenters. The monoisotopic (exact) mass is 323 g/mol. The standard InChI is InChI=1S/C20H25N3O/c1-15-10-16(2)12-19(11-15)22-20(24)21-18-8-9-23(14-18)13-17-6-4-3-5-7-17/h3-7,10-12,18H,8-9,13-14H2,1-2H3,(H2,21,22,24). The summed E-state index contributed by atoms with van der Waals surface area (Å²) in [6, 6.07) is 16.6. The van der Waals surface area contributed by atoms with E-state index in [0.29, 0.717) is 0 Å². The van der Waals surface area contributed by atoms with Crippen LogP contribution in [0.25, 0.3) is 0 Å². The van der Waals surface area contributed by atoms with Crippen LogP contribution in [0.5, 0.6) is 0 Å². The summed E-state index contributed by atoms with van der Waals surface area (Å²) in [4.78, 5) is 14.6. The molecule has 4 heteroatoms. The van der Waals surface area contributed by atoms with Crippen molar-refractivity contribution in [3.63, 3.8) is 0 Å². The van der Waals surface area contributed by atoms with Gasteiger partial charge in [0, 0.05) is 31.4 Å². The lowest BCUT2D eigenvalue weighted by atomic mass is 10.1. The third-order valence-electron chi connectivity index (χ3n) is 4.34. The zero-order chi connectivity index (χ0) is 16.9. The van der Waals surface area contributed by atoms with Gasteiger partial charge < -0.3 is 10.6 Å². The maximum atomic E-state index is 12.2. The van der Waals surface area contributed by atoms with Gasteiger partial charge in [0.1, 0.15) is 0 Å². The number of carbonyl (C=O) groups excluding carboxylic acids is 1. The second kappa shape index (κ2) is 7.49. The first-order valence-electron chi connectivity index (χ1n) is 8.50. The number of aryl methyl sites for hydroxylation is 2. The smallest absolute Gasteiger partial charge is 0.319 e. The zero-order valence-electron chi connectivity index (χ0n) is 14.4. The van der Waals surface area contributed by atoms with Crippen molar-refractivity contribution in [2.24, 2.45) is 0 Å². The number of nitrogens with one attached hydrogen (secondary N) is 2. The Morgan fingerprint density at radius 3 is 2.54 bits per heavy atom. The molecular weight excluding hydrogens is 298 g/mol. The third-order valence-corrected chi connectivity index (χ3v) is 4.34. The highest BCUT2D eigenvalue weighted by Gasteiger charge is 2.23. The van der Waals surface area contributed by atoms with E-state index in [1.165, 1.54) is 5.56 Å². The fraction of sp³-hybridized carbons (Fsp3) is 0.350. The number of amides is 2. The number of urea groups is 1. The Balaban J connectivity index is 1.49. The lowest BCUT2D eigenvalue weighted by Crippen LogP contribution is -2.39.